The van der Waals surface area contributed by atoms with Crippen molar-refractivity contribution >= 4 is 17.5 Å². The summed E-state index contributed by atoms with van der Waals surface area (Å²) >= 11 is 0. The molecule has 9 heteroatoms. The number of amides is 2. The molecule has 0 unspecified atom stereocenters. The maximum Gasteiger partial charge on any atom is 0.247 e. The van der Waals surface area contributed by atoms with Crippen molar-refractivity contribution in [3.8, 4) is 11.5 Å². The maximum atomic E-state index is 13.7. The van der Waals surface area contributed by atoms with E-state index in [-0.39, 0.29) is 24.1 Å². The molecule has 2 aromatic carbocycles. The van der Waals surface area contributed by atoms with Crippen molar-refractivity contribution in [3.63, 3.8) is 0 Å². The Balaban J connectivity index is 1.39. The summed E-state index contributed by atoms with van der Waals surface area (Å²) in [5.74, 6) is -0.283. The number of ether oxygens (including phenoxy) is 1. The average molecular weight is 423 g/mol. The lowest BCUT2D eigenvalue weighted by Gasteiger charge is -2.34. The zero-order valence-electron chi connectivity index (χ0n) is 16.8. The second kappa shape index (κ2) is 9.38. The number of para-hydroxylation sites is 1. The second-order valence-corrected chi connectivity index (χ2v) is 7.24. The van der Waals surface area contributed by atoms with E-state index in [9.17, 15) is 14.0 Å². The summed E-state index contributed by atoms with van der Waals surface area (Å²) in [6.07, 6.45) is 5.17. The maximum absolute atomic E-state index is 13.7. The van der Waals surface area contributed by atoms with E-state index in [1.165, 1.54) is 23.4 Å². The number of hydrogen-bond donors (Lipinski definition) is 1. The first-order valence-corrected chi connectivity index (χ1v) is 10.1. The number of piperidine rings is 1. The lowest BCUT2D eigenvalue weighted by molar-refractivity contribution is -0.141. The van der Waals surface area contributed by atoms with Crippen LogP contribution >= 0.6 is 0 Å². The monoisotopic (exact) mass is 423 g/mol. The number of carbonyl (C=O) groups is 2. The molecule has 1 fully saturated rings. The number of benzene rings is 2. The Bertz CT molecular complexity index is 1040. The van der Waals surface area contributed by atoms with E-state index < -0.39 is 11.9 Å². The van der Waals surface area contributed by atoms with Crippen molar-refractivity contribution in [2.24, 2.45) is 0 Å². The summed E-state index contributed by atoms with van der Waals surface area (Å²) in [5, 5.41) is 6.82. The largest absolute Gasteiger partial charge is 0.454 e. The summed E-state index contributed by atoms with van der Waals surface area (Å²) in [4.78, 5) is 31.0. The Morgan fingerprint density at radius 2 is 1.94 bits per heavy atom. The zero-order valence-corrected chi connectivity index (χ0v) is 16.8. The quantitative estimate of drug-likeness (QED) is 0.658. The fraction of sp³-hybridized carbons (Fsp3) is 0.273. The van der Waals surface area contributed by atoms with E-state index in [1.807, 2.05) is 0 Å². The van der Waals surface area contributed by atoms with Crippen LogP contribution in [0.1, 0.15) is 19.3 Å². The molecule has 0 saturated carbocycles. The highest BCUT2D eigenvalue weighted by atomic mass is 19.1. The number of hydrogen-bond acceptors (Lipinski definition) is 5. The molecule has 8 nitrogen and oxygen atoms in total. The molecule has 0 radical (unpaired) electrons. The van der Waals surface area contributed by atoms with Gasteiger partial charge in [0.05, 0.1) is 0 Å². The minimum absolute atomic E-state index is 0.0475. The van der Waals surface area contributed by atoms with Crippen LogP contribution in [-0.2, 0) is 16.1 Å². The van der Waals surface area contributed by atoms with E-state index in [4.69, 9.17) is 4.74 Å². The highest BCUT2D eigenvalue weighted by molar-refractivity contribution is 5.97. The lowest BCUT2D eigenvalue weighted by atomic mass is 10.0. The van der Waals surface area contributed by atoms with Crippen LogP contribution in [0.25, 0.3) is 0 Å². The number of anilines is 1. The van der Waals surface area contributed by atoms with Gasteiger partial charge in [0.15, 0.2) is 11.6 Å². The molecule has 4 rings (SSSR count). The second-order valence-electron chi connectivity index (χ2n) is 7.24. The number of nitrogens with zero attached hydrogens (tertiary/aromatic N) is 4. The molecule has 1 aromatic heterocycles. The van der Waals surface area contributed by atoms with E-state index >= 15 is 0 Å². The van der Waals surface area contributed by atoms with Gasteiger partial charge in [-0.05, 0) is 55.7 Å². The minimum atomic E-state index is -0.542. The molecule has 1 aliphatic rings. The van der Waals surface area contributed by atoms with Crippen molar-refractivity contribution in [1.29, 1.82) is 0 Å². The molecule has 3 aromatic rings. The van der Waals surface area contributed by atoms with Crippen molar-refractivity contribution in [3.05, 3.63) is 67.0 Å². The molecule has 2 heterocycles. The summed E-state index contributed by atoms with van der Waals surface area (Å²) in [6, 6.07) is 12.3. The molecule has 1 atom stereocenters. The van der Waals surface area contributed by atoms with Gasteiger partial charge in [0.25, 0.3) is 0 Å². The normalized spacial score (nSPS) is 16.0. The van der Waals surface area contributed by atoms with Gasteiger partial charge in [0, 0.05) is 12.2 Å². The van der Waals surface area contributed by atoms with Crippen molar-refractivity contribution in [2.45, 2.75) is 31.8 Å². The van der Waals surface area contributed by atoms with Gasteiger partial charge in [-0.3, -0.25) is 9.59 Å². The molecular formula is C22H22FN5O3. The fourth-order valence-electron chi connectivity index (χ4n) is 3.53. The van der Waals surface area contributed by atoms with Gasteiger partial charge in [0.2, 0.25) is 11.8 Å². The average Bonchev–Trinajstić information content (AvgIpc) is 3.29. The van der Waals surface area contributed by atoms with Crippen molar-refractivity contribution < 1.29 is 18.7 Å². The lowest BCUT2D eigenvalue weighted by Crippen LogP contribution is -2.51. The first-order chi connectivity index (χ1) is 15.1. The van der Waals surface area contributed by atoms with Crippen LogP contribution in [0, 0.1) is 5.82 Å². The molecule has 1 aliphatic heterocycles. The van der Waals surface area contributed by atoms with E-state index in [0.717, 1.165) is 12.8 Å². The Morgan fingerprint density at radius 1 is 1.13 bits per heavy atom. The minimum Gasteiger partial charge on any atom is -0.454 e. The smallest absolute Gasteiger partial charge is 0.247 e. The van der Waals surface area contributed by atoms with Crippen LogP contribution in [0.2, 0.25) is 0 Å². The molecule has 0 aliphatic carbocycles. The molecule has 0 bridgehead atoms. The first-order valence-electron chi connectivity index (χ1n) is 10.1. The Kier molecular flexibility index (Phi) is 6.21. The Morgan fingerprint density at radius 3 is 2.68 bits per heavy atom. The van der Waals surface area contributed by atoms with Gasteiger partial charge in [-0.1, -0.05) is 12.1 Å². The summed E-state index contributed by atoms with van der Waals surface area (Å²) in [7, 11) is 0. The van der Waals surface area contributed by atoms with Crippen LogP contribution < -0.4 is 10.1 Å². The van der Waals surface area contributed by atoms with E-state index in [0.29, 0.717) is 24.4 Å². The van der Waals surface area contributed by atoms with Crippen molar-refractivity contribution in [2.75, 3.05) is 11.9 Å². The zero-order chi connectivity index (χ0) is 21.6. The van der Waals surface area contributed by atoms with Crippen molar-refractivity contribution in [1.82, 2.24) is 19.7 Å². The molecule has 1 saturated heterocycles. The van der Waals surface area contributed by atoms with Gasteiger partial charge in [-0.25, -0.2) is 14.1 Å². The van der Waals surface area contributed by atoms with Crippen LogP contribution in [0.3, 0.4) is 0 Å². The van der Waals surface area contributed by atoms with Crippen LogP contribution in [0.15, 0.2) is 61.2 Å². The van der Waals surface area contributed by atoms with Gasteiger partial charge < -0.3 is 15.0 Å². The van der Waals surface area contributed by atoms with E-state index in [1.54, 1.807) is 47.4 Å². The third kappa shape index (κ3) is 5.06. The number of likely N-dealkylation sites (tertiary alicyclic amines) is 1. The molecule has 2 amide bonds. The van der Waals surface area contributed by atoms with Gasteiger partial charge in [-0.2, -0.15) is 5.10 Å². The molecule has 160 valence electrons. The standard InChI is InChI=1S/C22H22FN5O3/c23-18-5-1-2-7-20(18)31-17-10-8-16(9-11-17)26-22(30)19-6-3-4-12-28(19)21(29)13-27-15-24-14-25-27/h1-2,5,7-11,14-15,19H,3-4,6,12-13H2,(H,26,30)/t19-/m0/s1. The number of nitrogens with one attached hydrogen (secondary N) is 1. The first kappa shape index (κ1) is 20.5. The van der Waals surface area contributed by atoms with Crippen LogP contribution in [0.5, 0.6) is 11.5 Å². The van der Waals surface area contributed by atoms with Gasteiger partial charge in [0.1, 0.15) is 31.0 Å². The number of aromatic nitrogens is 3. The topological polar surface area (TPSA) is 89.4 Å². The Hall–Kier alpha value is -3.75. The van der Waals surface area contributed by atoms with Gasteiger partial charge in [-0.15, -0.1) is 0 Å². The molecule has 31 heavy (non-hydrogen) atoms. The summed E-state index contributed by atoms with van der Waals surface area (Å²) < 4.78 is 20.7. The predicted octanol–water partition coefficient (Wildman–Crippen LogP) is 3.23. The highest BCUT2D eigenvalue weighted by Gasteiger charge is 2.32. The summed E-state index contributed by atoms with van der Waals surface area (Å²) in [6.45, 7) is 0.576. The number of rotatable bonds is 6. The third-order valence-electron chi connectivity index (χ3n) is 5.08. The van der Waals surface area contributed by atoms with Crippen LogP contribution in [0.4, 0.5) is 10.1 Å². The Labute approximate surface area is 178 Å². The molecular weight excluding hydrogens is 401 g/mol. The molecule has 1 N–H and O–H groups in total. The van der Waals surface area contributed by atoms with E-state index in [2.05, 4.69) is 15.4 Å². The highest BCUT2D eigenvalue weighted by Crippen LogP contribution is 2.26. The third-order valence-corrected chi connectivity index (χ3v) is 5.08. The fourth-order valence-corrected chi connectivity index (χ4v) is 3.53. The SMILES string of the molecule is O=C(Nc1ccc(Oc2ccccc2F)cc1)[C@@H]1CCCCN1C(=O)Cn1cncn1. The van der Waals surface area contributed by atoms with Crippen LogP contribution in [-0.4, -0.2) is 44.1 Å². The molecule has 0 spiro atoms. The van der Waals surface area contributed by atoms with Gasteiger partial charge >= 0.3 is 0 Å². The number of carbonyl (C=O) groups excluding carboxylic acids is 2. The number of halogens is 1. The summed E-state index contributed by atoms with van der Waals surface area (Å²) in [5.41, 5.74) is 0.570. The predicted molar refractivity (Wildman–Crippen MR) is 111 cm³/mol.